The van der Waals surface area contributed by atoms with E-state index in [-0.39, 0.29) is 11.3 Å². The van der Waals surface area contributed by atoms with Crippen LogP contribution >= 0.6 is 0 Å². The predicted molar refractivity (Wildman–Crippen MR) is 85.3 cm³/mol. The van der Waals surface area contributed by atoms with Gasteiger partial charge >= 0.3 is 0 Å². The minimum absolute atomic E-state index is 0.0828. The quantitative estimate of drug-likeness (QED) is 0.934. The highest BCUT2D eigenvalue weighted by Crippen LogP contribution is 2.33. The van der Waals surface area contributed by atoms with Crippen LogP contribution in [0, 0.1) is 5.92 Å². The molecule has 0 amide bonds. The third-order valence-corrected chi connectivity index (χ3v) is 7.45. The molecule has 1 aromatic rings. The van der Waals surface area contributed by atoms with Crippen molar-refractivity contribution in [3.05, 3.63) is 29.3 Å². The Labute approximate surface area is 128 Å². The molecule has 116 valence electrons. The Kier molecular flexibility index (Phi) is 4.10. The van der Waals surface area contributed by atoms with E-state index in [1.54, 1.807) is 0 Å². The molecule has 21 heavy (non-hydrogen) atoms. The lowest BCUT2D eigenvalue weighted by Crippen LogP contribution is -2.46. The van der Waals surface area contributed by atoms with Crippen LogP contribution in [0.1, 0.15) is 43.7 Å². The van der Waals surface area contributed by atoms with Crippen LogP contribution in [0.2, 0.25) is 0 Å². The van der Waals surface area contributed by atoms with E-state index >= 15 is 0 Å². The summed E-state index contributed by atoms with van der Waals surface area (Å²) >= 11 is 0. The third kappa shape index (κ3) is 2.76. The van der Waals surface area contributed by atoms with Gasteiger partial charge in [0.25, 0.3) is 0 Å². The zero-order valence-electron chi connectivity index (χ0n) is 12.9. The van der Waals surface area contributed by atoms with Crippen LogP contribution in [0.3, 0.4) is 0 Å². The minimum atomic E-state index is -3.24. The van der Waals surface area contributed by atoms with Gasteiger partial charge in [0.05, 0.1) is 10.1 Å². The van der Waals surface area contributed by atoms with E-state index in [0.717, 1.165) is 38.5 Å². The number of rotatable bonds is 3. The molecule has 0 radical (unpaired) electrons. The van der Waals surface area contributed by atoms with Gasteiger partial charge in [-0.1, -0.05) is 13.0 Å². The Balaban J connectivity index is 1.95. The summed E-state index contributed by atoms with van der Waals surface area (Å²) in [6.07, 6.45) is 6.10. The molecule has 2 aliphatic carbocycles. The average Bonchev–Trinajstić information content (AvgIpc) is 2.94. The fourth-order valence-electron chi connectivity index (χ4n) is 3.90. The molecule has 1 fully saturated rings. The summed E-state index contributed by atoms with van der Waals surface area (Å²) in [5.41, 5.74) is 2.57. The fourth-order valence-corrected chi connectivity index (χ4v) is 6.10. The zero-order valence-corrected chi connectivity index (χ0v) is 13.7. The molecule has 0 aliphatic heterocycles. The lowest BCUT2D eigenvalue weighted by molar-refractivity contribution is 0.319. The van der Waals surface area contributed by atoms with Crippen molar-refractivity contribution in [2.75, 3.05) is 7.05 Å². The standard InChI is InChI=1S/C17H25NO2S/c1-12-6-9-16(18-2)17(10-12)21(19,20)15-8-7-13-4-3-5-14(13)11-15/h7-8,11-12,16-18H,3-6,9-10H2,1-2H3. The molecule has 0 heterocycles. The number of hydrogen-bond acceptors (Lipinski definition) is 3. The monoisotopic (exact) mass is 307 g/mol. The third-order valence-electron chi connectivity index (χ3n) is 5.22. The van der Waals surface area contributed by atoms with Crippen LogP contribution < -0.4 is 5.32 Å². The summed E-state index contributed by atoms with van der Waals surface area (Å²) in [6.45, 7) is 2.16. The van der Waals surface area contributed by atoms with E-state index in [1.807, 2.05) is 25.2 Å². The minimum Gasteiger partial charge on any atom is -0.316 e. The molecule has 0 spiro atoms. The second-order valence-electron chi connectivity index (χ2n) is 6.68. The van der Waals surface area contributed by atoms with Crippen molar-refractivity contribution in [2.24, 2.45) is 5.92 Å². The summed E-state index contributed by atoms with van der Waals surface area (Å²) < 4.78 is 26.1. The van der Waals surface area contributed by atoms with Crippen molar-refractivity contribution in [2.45, 2.75) is 61.6 Å². The fraction of sp³-hybridized carbons (Fsp3) is 0.647. The van der Waals surface area contributed by atoms with E-state index in [9.17, 15) is 8.42 Å². The average molecular weight is 307 g/mol. The maximum Gasteiger partial charge on any atom is 0.182 e. The first kappa shape index (κ1) is 15.0. The Morgan fingerprint density at radius 3 is 2.67 bits per heavy atom. The van der Waals surface area contributed by atoms with Crippen molar-refractivity contribution in [1.29, 1.82) is 0 Å². The van der Waals surface area contributed by atoms with Gasteiger partial charge in [0.1, 0.15) is 0 Å². The number of sulfone groups is 1. The van der Waals surface area contributed by atoms with Crippen molar-refractivity contribution >= 4 is 9.84 Å². The Hall–Kier alpha value is -0.870. The van der Waals surface area contributed by atoms with Crippen LogP contribution in [0.5, 0.6) is 0 Å². The molecule has 2 aliphatic rings. The van der Waals surface area contributed by atoms with Gasteiger partial charge in [0.15, 0.2) is 9.84 Å². The highest BCUT2D eigenvalue weighted by molar-refractivity contribution is 7.92. The summed E-state index contributed by atoms with van der Waals surface area (Å²) in [5, 5.41) is 2.94. The summed E-state index contributed by atoms with van der Waals surface area (Å²) in [7, 11) is -1.36. The number of benzene rings is 1. The number of hydrogen-bond donors (Lipinski definition) is 1. The molecule has 1 saturated carbocycles. The lowest BCUT2D eigenvalue weighted by Gasteiger charge is -2.34. The van der Waals surface area contributed by atoms with Crippen molar-refractivity contribution < 1.29 is 8.42 Å². The van der Waals surface area contributed by atoms with Crippen molar-refractivity contribution in [3.63, 3.8) is 0 Å². The first-order valence-electron chi connectivity index (χ1n) is 8.05. The molecule has 4 heteroatoms. The molecule has 3 unspecified atom stereocenters. The van der Waals surface area contributed by atoms with E-state index in [1.165, 1.54) is 11.1 Å². The predicted octanol–water partition coefficient (Wildman–Crippen LogP) is 2.73. The number of fused-ring (bicyclic) bond motifs is 1. The van der Waals surface area contributed by atoms with Gasteiger partial charge in [-0.25, -0.2) is 8.42 Å². The van der Waals surface area contributed by atoms with Gasteiger partial charge in [0, 0.05) is 6.04 Å². The molecule has 0 saturated heterocycles. The normalized spacial score (nSPS) is 29.3. The molecule has 3 rings (SSSR count). The van der Waals surface area contributed by atoms with Gasteiger partial charge in [0.2, 0.25) is 0 Å². The maximum atomic E-state index is 13.1. The maximum absolute atomic E-state index is 13.1. The van der Waals surface area contributed by atoms with Crippen LogP contribution in [-0.2, 0) is 22.7 Å². The van der Waals surface area contributed by atoms with Crippen molar-refractivity contribution in [1.82, 2.24) is 5.32 Å². The molecule has 0 bridgehead atoms. The largest absolute Gasteiger partial charge is 0.316 e. The molecule has 1 aromatic carbocycles. The van der Waals surface area contributed by atoms with E-state index < -0.39 is 9.84 Å². The number of aryl methyl sites for hydroxylation is 2. The van der Waals surface area contributed by atoms with Crippen LogP contribution in [0.15, 0.2) is 23.1 Å². The molecule has 0 aromatic heterocycles. The first-order valence-corrected chi connectivity index (χ1v) is 9.60. The molecule has 3 nitrogen and oxygen atoms in total. The topological polar surface area (TPSA) is 46.2 Å². The van der Waals surface area contributed by atoms with Crippen LogP contribution in [0.25, 0.3) is 0 Å². The van der Waals surface area contributed by atoms with E-state index in [4.69, 9.17) is 0 Å². The summed E-state index contributed by atoms with van der Waals surface area (Å²) in [4.78, 5) is 0.530. The van der Waals surface area contributed by atoms with E-state index in [0.29, 0.717) is 10.8 Å². The zero-order chi connectivity index (χ0) is 15.0. The van der Waals surface area contributed by atoms with Gasteiger partial charge in [-0.15, -0.1) is 0 Å². The smallest absolute Gasteiger partial charge is 0.182 e. The first-order chi connectivity index (χ1) is 10.0. The number of nitrogens with one attached hydrogen (secondary N) is 1. The van der Waals surface area contributed by atoms with Crippen molar-refractivity contribution in [3.8, 4) is 0 Å². The molecule has 1 N–H and O–H groups in total. The highest BCUT2D eigenvalue weighted by atomic mass is 32.2. The Morgan fingerprint density at radius 1 is 1.14 bits per heavy atom. The lowest BCUT2D eigenvalue weighted by atomic mass is 9.87. The van der Waals surface area contributed by atoms with Gasteiger partial charge < -0.3 is 5.32 Å². The van der Waals surface area contributed by atoms with E-state index in [2.05, 4.69) is 12.2 Å². The van der Waals surface area contributed by atoms with Gasteiger partial charge in [-0.2, -0.15) is 0 Å². The van der Waals surface area contributed by atoms with Crippen LogP contribution in [0.4, 0.5) is 0 Å². The summed E-state index contributed by atoms with van der Waals surface area (Å²) in [6, 6.07) is 5.87. The Bertz CT molecular complexity index is 624. The second-order valence-corrected chi connectivity index (χ2v) is 8.85. The second kappa shape index (κ2) is 5.73. The van der Waals surface area contributed by atoms with Gasteiger partial charge in [-0.3, -0.25) is 0 Å². The molecular weight excluding hydrogens is 282 g/mol. The molecular formula is C17H25NO2S. The van der Waals surface area contributed by atoms with Gasteiger partial charge in [-0.05, 0) is 74.8 Å². The van der Waals surface area contributed by atoms with Crippen LogP contribution in [-0.4, -0.2) is 26.8 Å². The highest BCUT2D eigenvalue weighted by Gasteiger charge is 2.38. The summed E-state index contributed by atoms with van der Waals surface area (Å²) in [5.74, 6) is 0.490. The SMILES string of the molecule is CNC1CCC(C)CC1S(=O)(=O)c1ccc2c(c1)CCC2. The Morgan fingerprint density at radius 2 is 1.90 bits per heavy atom. The molecule has 3 atom stereocenters.